The van der Waals surface area contributed by atoms with Gasteiger partial charge in [-0.15, -0.1) is 0 Å². The Morgan fingerprint density at radius 3 is 1.34 bits per heavy atom. The number of nitrogens with one attached hydrogen (secondary N) is 2. The van der Waals surface area contributed by atoms with Crippen LogP contribution >= 0.6 is 0 Å². The van der Waals surface area contributed by atoms with Crippen LogP contribution in [0.3, 0.4) is 0 Å². The van der Waals surface area contributed by atoms with Gasteiger partial charge in [0.05, 0.1) is 37.0 Å². The lowest BCUT2D eigenvalue weighted by atomic mass is 9.84. The largest absolute Gasteiger partial charge is 0.497 e. The van der Waals surface area contributed by atoms with Crippen molar-refractivity contribution in [1.82, 2.24) is 19.9 Å². The van der Waals surface area contributed by atoms with Crippen molar-refractivity contribution in [2.24, 2.45) is 0 Å². The number of H-pyrrole nitrogens is 2. The Labute approximate surface area is 336 Å². The number of hydrogen-bond acceptors (Lipinski definition) is 4. The predicted molar refractivity (Wildman–Crippen MR) is 239 cm³/mol. The van der Waals surface area contributed by atoms with E-state index in [-0.39, 0.29) is 0 Å². The van der Waals surface area contributed by atoms with Crippen LogP contribution in [-0.4, -0.2) is 34.2 Å². The van der Waals surface area contributed by atoms with Crippen LogP contribution in [0.1, 0.15) is 22.8 Å². The highest BCUT2D eigenvalue weighted by Crippen LogP contribution is 2.46. The number of nitrogens with zero attached hydrogens (tertiary/aromatic N) is 2. The Morgan fingerprint density at radius 1 is 0.379 bits per heavy atom. The van der Waals surface area contributed by atoms with Gasteiger partial charge in [-0.1, -0.05) is 91.0 Å². The van der Waals surface area contributed by atoms with E-state index >= 15 is 0 Å². The molecule has 278 valence electrons. The van der Waals surface area contributed by atoms with Gasteiger partial charge < -0.3 is 19.4 Å². The van der Waals surface area contributed by atoms with Crippen LogP contribution in [0.25, 0.3) is 102 Å². The molecule has 0 aliphatic carbocycles. The number of benzene rings is 5. The molecule has 0 amide bonds. The minimum absolute atomic E-state index is 0.700. The van der Waals surface area contributed by atoms with E-state index in [9.17, 15) is 0 Å². The highest BCUT2D eigenvalue weighted by molar-refractivity contribution is 6.05. The number of methoxy groups -OCH3 is 2. The number of fused-ring (bicyclic) bond motifs is 8. The van der Waals surface area contributed by atoms with Crippen molar-refractivity contribution >= 4 is 46.4 Å². The molecule has 8 bridgehead atoms. The van der Waals surface area contributed by atoms with E-state index in [4.69, 9.17) is 19.4 Å². The standard InChI is InChI=1S/C52H38N4O2/c1-57-42-26-37(27-43(32-42)58-2)50-46-22-18-38(53-46)30-40-20-24-48(55-40)52(49-25-21-41(56-49)31-39-19-23-47(50)54-39)51-44(34-14-8-4-9-15-34)28-36(33-12-6-3-7-13-33)29-45(51)35-16-10-5-11-17-35/h3-32,53,56H,1-2H3. The third kappa shape index (κ3) is 6.56. The van der Waals surface area contributed by atoms with Crippen molar-refractivity contribution in [2.75, 3.05) is 14.2 Å². The summed E-state index contributed by atoms with van der Waals surface area (Å²) in [6.07, 6.45) is 8.34. The number of ether oxygens (including phenoxy) is 2. The van der Waals surface area contributed by atoms with E-state index in [2.05, 4.69) is 174 Å². The van der Waals surface area contributed by atoms with Crippen molar-refractivity contribution in [3.8, 4) is 67.1 Å². The average Bonchev–Trinajstić information content (AvgIpc) is 4.12. The molecule has 3 aromatic heterocycles. The third-order valence-corrected chi connectivity index (χ3v) is 10.7. The SMILES string of the molecule is COc1cc(OC)cc(-c2c3nc(cc4ccc([nH]4)c(-c4c(-c5ccccc5)cc(-c5ccccc5)cc4-c4ccccc4)c4nc(cc5ccc2[nH]5)C=C4)C=C3)c1. The average molecular weight is 751 g/mol. The molecule has 0 saturated carbocycles. The number of aromatic nitrogens is 4. The molecular weight excluding hydrogens is 713 g/mol. The summed E-state index contributed by atoms with van der Waals surface area (Å²) >= 11 is 0. The lowest BCUT2D eigenvalue weighted by Gasteiger charge is -2.20. The summed E-state index contributed by atoms with van der Waals surface area (Å²) in [5.41, 5.74) is 17.8. The predicted octanol–water partition coefficient (Wildman–Crippen LogP) is 13.0. The van der Waals surface area contributed by atoms with Crippen molar-refractivity contribution in [3.63, 3.8) is 0 Å². The van der Waals surface area contributed by atoms with E-state index in [1.807, 2.05) is 18.2 Å². The fourth-order valence-electron chi connectivity index (χ4n) is 7.99. The maximum atomic E-state index is 5.67. The van der Waals surface area contributed by atoms with Gasteiger partial charge in [0, 0.05) is 44.8 Å². The molecule has 10 rings (SSSR count). The van der Waals surface area contributed by atoms with E-state index in [0.29, 0.717) is 11.5 Å². The number of rotatable bonds is 7. The molecule has 8 aromatic rings. The van der Waals surface area contributed by atoms with E-state index in [1.54, 1.807) is 14.2 Å². The van der Waals surface area contributed by atoms with Gasteiger partial charge >= 0.3 is 0 Å². The molecule has 58 heavy (non-hydrogen) atoms. The third-order valence-electron chi connectivity index (χ3n) is 10.7. The first-order valence-corrected chi connectivity index (χ1v) is 19.3. The van der Waals surface area contributed by atoms with E-state index in [1.165, 1.54) is 0 Å². The van der Waals surface area contributed by atoms with Gasteiger partial charge in [0.1, 0.15) is 11.5 Å². The molecule has 0 radical (unpaired) electrons. The van der Waals surface area contributed by atoms with Crippen LogP contribution in [0.15, 0.2) is 158 Å². The molecule has 5 aromatic carbocycles. The molecule has 2 aliphatic heterocycles. The zero-order chi connectivity index (χ0) is 39.0. The second-order valence-corrected chi connectivity index (χ2v) is 14.3. The second-order valence-electron chi connectivity index (χ2n) is 14.3. The molecule has 0 unspecified atom stereocenters. The first-order valence-electron chi connectivity index (χ1n) is 19.3. The fourth-order valence-corrected chi connectivity index (χ4v) is 7.99. The fraction of sp³-hybridized carbons (Fsp3) is 0.0385. The normalized spacial score (nSPS) is 11.8. The monoisotopic (exact) mass is 750 g/mol. The smallest absolute Gasteiger partial charge is 0.123 e. The minimum atomic E-state index is 0.700. The molecule has 2 N–H and O–H groups in total. The lowest BCUT2D eigenvalue weighted by Crippen LogP contribution is -1.95. The number of aromatic amines is 2. The summed E-state index contributed by atoms with van der Waals surface area (Å²) < 4.78 is 11.3. The first-order chi connectivity index (χ1) is 28.6. The highest BCUT2D eigenvalue weighted by atomic mass is 16.5. The lowest BCUT2D eigenvalue weighted by molar-refractivity contribution is 0.394. The van der Waals surface area contributed by atoms with Crippen LogP contribution in [0.2, 0.25) is 0 Å². The summed E-state index contributed by atoms with van der Waals surface area (Å²) in [4.78, 5) is 18.0. The van der Waals surface area contributed by atoms with Gasteiger partial charge in [-0.2, -0.15) is 0 Å². The maximum Gasteiger partial charge on any atom is 0.123 e. The summed E-state index contributed by atoms with van der Waals surface area (Å²) in [6.45, 7) is 0. The topological polar surface area (TPSA) is 75.8 Å². The Kier molecular flexibility index (Phi) is 8.84. The van der Waals surface area contributed by atoms with Gasteiger partial charge in [0.2, 0.25) is 0 Å². The molecular formula is C52H38N4O2. The zero-order valence-electron chi connectivity index (χ0n) is 32.0. The van der Waals surface area contributed by atoms with Crippen molar-refractivity contribution < 1.29 is 9.47 Å². The van der Waals surface area contributed by atoms with Crippen molar-refractivity contribution in [3.05, 3.63) is 181 Å². The first kappa shape index (κ1) is 34.8. The Hall–Kier alpha value is -7.70. The molecule has 0 fully saturated rings. The van der Waals surface area contributed by atoms with Crippen LogP contribution in [0, 0.1) is 0 Å². The van der Waals surface area contributed by atoms with Crippen LogP contribution in [-0.2, 0) is 0 Å². The van der Waals surface area contributed by atoms with Crippen molar-refractivity contribution in [2.45, 2.75) is 0 Å². The van der Waals surface area contributed by atoms with E-state index in [0.717, 1.165) is 100 Å². The molecule has 0 atom stereocenters. The number of hydrogen-bond donors (Lipinski definition) is 2. The summed E-state index contributed by atoms with van der Waals surface area (Å²) in [5.74, 6) is 1.40. The maximum absolute atomic E-state index is 5.67. The van der Waals surface area contributed by atoms with Gasteiger partial charge in [0.15, 0.2) is 0 Å². The minimum Gasteiger partial charge on any atom is -0.497 e. The Bertz CT molecular complexity index is 2990. The molecule has 6 nitrogen and oxygen atoms in total. The highest BCUT2D eigenvalue weighted by Gasteiger charge is 2.22. The summed E-state index contributed by atoms with van der Waals surface area (Å²) in [7, 11) is 3.33. The molecule has 0 saturated heterocycles. The van der Waals surface area contributed by atoms with E-state index < -0.39 is 0 Å². The van der Waals surface area contributed by atoms with Crippen LogP contribution in [0.5, 0.6) is 11.5 Å². The van der Waals surface area contributed by atoms with Gasteiger partial charge in [0.25, 0.3) is 0 Å². The van der Waals surface area contributed by atoms with Gasteiger partial charge in [-0.3, -0.25) is 0 Å². The summed E-state index contributed by atoms with van der Waals surface area (Å²) in [6, 6.07) is 55.1. The zero-order valence-corrected chi connectivity index (χ0v) is 32.0. The molecule has 5 heterocycles. The Morgan fingerprint density at radius 2 is 0.845 bits per heavy atom. The molecule has 6 heteroatoms. The molecule has 2 aliphatic rings. The van der Waals surface area contributed by atoms with Crippen LogP contribution < -0.4 is 9.47 Å². The van der Waals surface area contributed by atoms with Crippen LogP contribution in [0.4, 0.5) is 0 Å². The van der Waals surface area contributed by atoms with Gasteiger partial charge in [-0.05, 0) is 124 Å². The second kappa shape index (κ2) is 14.8. The quantitative estimate of drug-likeness (QED) is 0.170. The van der Waals surface area contributed by atoms with Gasteiger partial charge in [-0.25, -0.2) is 9.97 Å². The molecule has 0 spiro atoms. The van der Waals surface area contributed by atoms with Crippen molar-refractivity contribution in [1.29, 1.82) is 0 Å². The summed E-state index contributed by atoms with van der Waals surface area (Å²) in [5, 5.41) is 0. The Balaban J connectivity index is 1.29.